The molecule has 0 bridgehead atoms. The van der Waals surface area contributed by atoms with Gasteiger partial charge in [-0.2, -0.15) is 0 Å². The van der Waals surface area contributed by atoms with Gasteiger partial charge >= 0.3 is 5.97 Å². The minimum absolute atomic E-state index is 0.0420. The molecule has 4 nitrogen and oxygen atoms in total. The molecule has 2 N–H and O–H groups in total. The number of H-pyrrole nitrogens is 1. The van der Waals surface area contributed by atoms with E-state index in [1.54, 1.807) is 6.20 Å². The van der Waals surface area contributed by atoms with E-state index in [9.17, 15) is 4.79 Å². The van der Waals surface area contributed by atoms with Gasteiger partial charge in [0.25, 0.3) is 0 Å². The van der Waals surface area contributed by atoms with Crippen LogP contribution < -0.4 is 0 Å². The zero-order valence-corrected chi connectivity index (χ0v) is 12.4. The van der Waals surface area contributed by atoms with Crippen LogP contribution in [0.4, 0.5) is 0 Å². The number of hydrogen-bond donors (Lipinski definition) is 2. The van der Waals surface area contributed by atoms with Crippen LogP contribution in [0, 0.1) is 0 Å². The van der Waals surface area contributed by atoms with Gasteiger partial charge in [-0.25, -0.2) is 4.98 Å². The Hall–Kier alpha value is -1.62. The highest BCUT2D eigenvalue weighted by atomic mass is 79.9. The van der Waals surface area contributed by atoms with Gasteiger partial charge in [0.2, 0.25) is 0 Å². The summed E-state index contributed by atoms with van der Waals surface area (Å²) in [5.74, 6) is -0.139. The Labute approximate surface area is 120 Å². The van der Waals surface area contributed by atoms with Crippen LogP contribution in [0.3, 0.4) is 0 Å². The fraction of sp³-hybridized carbons (Fsp3) is 0.286. The highest BCUT2D eigenvalue weighted by Gasteiger charge is 2.27. The Kier molecular flexibility index (Phi) is 3.75. The summed E-state index contributed by atoms with van der Waals surface area (Å²) < 4.78 is 1.02. The first kappa shape index (κ1) is 13.8. The highest BCUT2D eigenvalue weighted by Crippen LogP contribution is 2.27. The molecular weight excluding hydrogens is 308 g/mol. The van der Waals surface area contributed by atoms with E-state index in [4.69, 9.17) is 5.11 Å². The summed E-state index contributed by atoms with van der Waals surface area (Å²) >= 11 is 3.39. The molecule has 0 aliphatic heterocycles. The van der Waals surface area contributed by atoms with Crippen molar-refractivity contribution >= 4 is 21.9 Å². The number of nitrogens with zero attached hydrogens (tertiary/aromatic N) is 1. The number of aliphatic carboxylic acids is 1. The molecule has 0 fully saturated rings. The predicted molar refractivity (Wildman–Crippen MR) is 77.0 cm³/mol. The molecule has 100 valence electrons. The molecule has 2 rings (SSSR count). The second-order valence-corrected chi connectivity index (χ2v) is 6.02. The number of carboxylic acid groups (broad SMARTS) is 1. The molecule has 1 aromatic carbocycles. The quantitative estimate of drug-likeness (QED) is 0.903. The molecule has 5 heteroatoms. The Morgan fingerprint density at radius 2 is 2.00 bits per heavy atom. The largest absolute Gasteiger partial charge is 0.481 e. The van der Waals surface area contributed by atoms with E-state index in [0.29, 0.717) is 5.82 Å². The standard InChI is InChI=1S/C14H15BrN2O2/c1-14(2,7-12(18)19)13-16-8-11(17-13)9-3-5-10(15)6-4-9/h3-6,8H,7H2,1-2H3,(H,16,17)(H,18,19). The topological polar surface area (TPSA) is 66.0 Å². The van der Waals surface area contributed by atoms with E-state index in [1.807, 2.05) is 38.1 Å². The summed E-state index contributed by atoms with van der Waals surface area (Å²) in [4.78, 5) is 18.4. The number of aromatic amines is 1. The third kappa shape index (κ3) is 3.23. The number of carboxylic acids is 1. The molecule has 0 unspecified atom stereocenters. The van der Waals surface area contributed by atoms with E-state index in [2.05, 4.69) is 25.9 Å². The van der Waals surface area contributed by atoms with Crippen molar-refractivity contribution in [1.82, 2.24) is 9.97 Å². The zero-order chi connectivity index (χ0) is 14.0. The van der Waals surface area contributed by atoms with Crippen LogP contribution >= 0.6 is 15.9 Å². The smallest absolute Gasteiger partial charge is 0.304 e. The zero-order valence-electron chi connectivity index (χ0n) is 10.8. The van der Waals surface area contributed by atoms with Gasteiger partial charge in [-0.3, -0.25) is 4.79 Å². The lowest BCUT2D eigenvalue weighted by atomic mass is 9.88. The van der Waals surface area contributed by atoms with Crippen molar-refractivity contribution in [1.29, 1.82) is 0 Å². The molecule has 0 saturated carbocycles. The number of carbonyl (C=O) groups is 1. The summed E-state index contributed by atoms with van der Waals surface area (Å²) in [6.07, 6.45) is 1.78. The maximum Gasteiger partial charge on any atom is 0.304 e. The van der Waals surface area contributed by atoms with Gasteiger partial charge in [0.05, 0.1) is 18.3 Å². The number of imidazole rings is 1. The lowest BCUT2D eigenvalue weighted by Gasteiger charge is -2.19. The van der Waals surface area contributed by atoms with Crippen molar-refractivity contribution in [2.24, 2.45) is 0 Å². The van der Waals surface area contributed by atoms with Crippen molar-refractivity contribution in [3.63, 3.8) is 0 Å². The Balaban J connectivity index is 2.28. The molecule has 1 aromatic heterocycles. The van der Waals surface area contributed by atoms with Crippen LogP contribution in [0.25, 0.3) is 11.3 Å². The first-order chi connectivity index (χ1) is 8.88. The van der Waals surface area contributed by atoms with Crippen molar-refractivity contribution in [2.75, 3.05) is 0 Å². The Morgan fingerprint density at radius 3 is 2.58 bits per heavy atom. The van der Waals surface area contributed by atoms with Crippen LogP contribution in [-0.2, 0) is 10.2 Å². The van der Waals surface area contributed by atoms with Crippen LogP contribution in [0.15, 0.2) is 34.9 Å². The molecular formula is C14H15BrN2O2. The number of rotatable bonds is 4. The maximum absolute atomic E-state index is 10.9. The summed E-state index contributed by atoms with van der Waals surface area (Å²) in [7, 11) is 0. The number of nitrogens with one attached hydrogen (secondary N) is 1. The fourth-order valence-electron chi connectivity index (χ4n) is 1.90. The normalized spacial score (nSPS) is 11.5. The number of hydrogen-bond acceptors (Lipinski definition) is 2. The van der Waals surface area contributed by atoms with Crippen molar-refractivity contribution in [2.45, 2.75) is 25.7 Å². The highest BCUT2D eigenvalue weighted by molar-refractivity contribution is 9.10. The molecule has 2 aromatic rings. The summed E-state index contributed by atoms with van der Waals surface area (Å²) in [5, 5.41) is 8.92. The Morgan fingerprint density at radius 1 is 1.37 bits per heavy atom. The molecule has 0 atom stereocenters. The second kappa shape index (κ2) is 5.17. The third-order valence-corrected chi connectivity index (χ3v) is 3.49. The first-order valence-corrected chi connectivity index (χ1v) is 6.71. The van der Waals surface area contributed by atoms with Gasteiger partial charge < -0.3 is 10.1 Å². The van der Waals surface area contributed by atoms with Crippen molar-refractivity contribution in [3.8, 4) is 11.3 Å². The van der Waals surface area contributed by atoms with Gasteiger partial charge in [-0.05, 0) is 17.7 Å². The van der Waals surface area contributed by atoms with E-state index in [1.165, 1.54) is 0 Å². The molecule has 1 heterocycles. The van der Waals surface area contributed by atoms with Gasteiger partial charge in [-0.15, -0.1) is 0 Å². The average Bonchev–Trinajstić information content (AvgIpc) is 2.78. The molecule has 0 aliphatic rings. The monoisotopic (exact) mass is 322 g/mol. The van der Waals surface area contributed by atoms with Crippen LogP contribution in [-0.4, -0.2) is 21.0 Å². The minimum Gasteiger partial charge on any atom is -0.481 e. The van der Waals surface area contributed by atoms with Gasteiger partial charge in [0.15, 0.2) is 0 Å². The van der Waals surface area contributed by atoms with E-state index >= 15 is 0 Å². The summed E-state index contributed by atoms with van der Waals surface area (Å²) in [6, 6.07) is 7.87. The average molecular weight is 323 g/mol. The van der Waals surface area contributed by atoms with Crippen LogP contribution in [0.5, 0.6) is 0 Å². The molecule has 0 amide bonds. The molecule has 0 saturated heterocycles. The predicted octanol–water partition coefficient (Wildman–Crippen LogP) is 3.59. The molecule has 0 aliphatic carbocycles. The molecule has 0 spiro atoms. The Bertz CT molecular complexity index is 588. The van der Waals surface area contributed by atoms with Gasteiger partial charge in [0.1, 0.15) is 5.82 Å². The fourth-order valence-corrected chi connectivity index (χ4v) is 2.17. The third-order valence-electron chi connectivity index (χ3n) is 2.97. The molecule has 19 heavy (non-hydrogen) atoms. The van der Waals surface area contributed by atoms with E-state index < -0.39 is 11.4 Å². The van der Waals surface area contributed by atoms with E-state index in [0.717, 1.165) is 15.7 Å². The number of aromatic nitrogens is 2. The lowest BCUT2D eigenvalue weighted by molar-refractivity contribution is -0.138. The number of halogens is 1. The lowest BCUT2D eigenvalue weighted by Crippen LogP contribution is -2.23. The van der Waals surface area contributed by atoms with Crippen molar-refractivity contribution in [3.05, 3.63) is 40.8 Å². The van der Waals surface area contributed by atoms with E-state index in [-0.39, 0.29) is 6.42 Å². The second-order valence-electron chi connectivity index (χ2n) is 5.11. The van der Waals surface area contributed by atoms with Gasteiger partial charge in [0, 0.05) is 9.89 Å². The van der Waals surface area contributed by atoms with Gasteiger partial charge in [-0.1, -0.05) is 41.9 Å². The van der Waals surface area contributed by atoms with Crippen LogP contribution in [0.1, 0.15) is 26.1 Å². The van der Waals surface area contributed by atoms with Crippen molar-refractivity contribution < 1.29 is 9.90 Å². The van der Waals surface area contributed by atoms with Crippen LogP contribution in [0.2, 0.25) is 0 Å². The first-order valence-electron chi connectivity index (χ1n) is 5.92. The molecule has 0 radical (unpaired) electrons. The maximum atomic E-state index is 10.9. The minimum atomic E-state index is -0.827. The summed E-state index contributed by atoms with van der Waals surface area (Å²) in [5.41, 5.74) is 1.40. The number of benzene rings is 1. The SMILES string of the molecule is CC(C)(CC(=O)O)c1ncc(-c2ccc(Br)cc2)[nH]1. The summed E-state index contributed by atoms with van der Waals surface area (Å²) in [6.45, 7) is 3.73.